The van der Waals surface area contributed by atoms with E-state index in [4.69, 9.17) is 0 Å². The highest BCUT2D eigenvalue weighted by Crippen LogP contribution is 2.42. The zero-order valence-corrected chi connectivity index (χ0v) is 16.5. The number of hydrogen-bond acceptors (Lipinski definition) is 5. The van der Waals surface area contributed by atoms with Crippen LogP contribution in [0.25, 0.3) is 5.57 Å². The predicted molar refractivity (Wildman–Crippen MR) is 107 cm³/mol. The van der Waals surface area contributed by atoms with Crippen LogP contribution >= 0.6 is 0 Å². The van der Waals surface area contributed by atoms with Crippen LogP contribution < -0.4 is 4.90 Å². The molecule has 7 nitrogen and oxygen atoms in total. The molecule has 2 aliphatic rings. The Labute approximate surface area is 168 Å². The number of amides is 1. The Bertz CT molecular complexity index is 969. The number of aliphatic hydroxyl groups is 1. The number of aliphatic hydroxyl groups excluding tert-OH is 1. The summed E-state index contributed by atoms with van der Waals surface area (Å²) in [6, 6.07) is 3.30. The van der Waals surface area contributed by atoms with Gasteiger partial charge in [-0.3, -0.25) is 19.4 Å². The Balaban J connectivity index is 1.56. The van der Waals surface area contributed by atoms with Crippen molar-refractivity contribution in [1.29, 1.82) is 0 Å². The molecule has 2 aromatic rings. The standard InChI is InChI=1S/C21H24FN5O2/c1-3-26(15-5-4-9-23-12-15)19(28)8-10-27-18-11-14(22)6-7-16(18)20-17(21(27)29)13-24-25(20)2/h4-7,9,12-13,18,21,29H,3,8,10-11H2,1-2H3. The minimum absolute atomic E-state index is 0.0676. The number of anilines is 1. The summed E-state index contributed by atoms with van der Waals surface area (Å²) < 4.78 is 15.8. The van der Waals surface area contributed by atoms with Crippen LogP contribution in [0.4, 0.5) is 10.1 Å². The van der Waals surface area contributed by atoms with Gasteiger partial charge in [0.15, 0.2) is 0 Å². The molecule has 152 valence electrons. The molecule has 0 aromatic carbocycles. The van der Waals surface area contributed by atoms with Crippen LogP contribution in [-0.4, -0.2) is 49.8 Å². The van der Waals surface area contributed by atoms with Gasteiger partial charge in [0, 0.05) is 50.8 Å². The monoisotopic (exact) mass is 397 g/mol. The lowest BCUT2D eigenvalue weighted by atomic mass is 9.87. The fourth-order valence-corrected chi connectivity index (χ4v) is 4.19. The lowest BCUT2D eigenvalue weighted by Gasteiger charge is -2.42. The maximum absolute atomic E-state index is 14.1. The highest BCUT2D eigenvalue weighted by Gasteiger charge is 2.40. The van der Waals surface area contributed by atoms with E-state index in [9.17, 15) is 14.3 Å². The van der Waals surface area contributed by atoms with E-state index in [0.717, 1.165) is 17.0 Å². The molecule has 0 radical (unpaired) electrons. The summed E-state index contributed by atoms with van der Waals surface area (Å²) in [6.45, 7) is 2.73. The van der Waals surface area contributed by atoms with Gasteiger partial charge in [0.2, 0.25) is 5.91 Å². The molecule has 1 aliphatic carbocycles. The van der Waals surface area contributed by atoms with Crippen LogP contribution in [0.5, 0.6) is 0 Å². The molecule has 1 aliphatic heterocycles. The van der Waals surface area contributed by atoms with E-state index in [1.807, 2.05) is 20.0 Å². The predicted octanol–water partition coefficient (Wildman–Crippen LogP) is 2.57. The second-order valence-electron chi connectivity index (χ2n) is 7.24. The number of carbonyl (C=O) groups excluding carboxylic acids is 1. The van der Waals surface area contributed by atoms with Gasteiger partial charge < -0.3 is 10.0 Å². The van der Waals surface area contributed by atoms with Crippen LogP contribution in [0.1, 0.15) is 37.3 Å². The largest absolute Gasteiger partial charge is 0.374 e. The Morgan fingerprint density at radius 3 is 2.93 bits per heavy atom. The maximum Gasteiger partial charge on any atom is 0.228 e. The molecule has 0 fully saturated rings. The zero-order chi connectivity index (χ0) is 20.5. The summed E-state index contributed by atoms with van der Waals surface area (Å²) in [5, 5.41) is 15.2. The Kier molecular flexibility index (Phi) is 5.29. The molecule has 0 bridgehead atoms. The minimum Gasteiger partial charge on any atom is -0.374 e. The van der Waals surface area contributed by atoms with E-state index < -0.39 is 6.23 Å². The van der Waals surface area contributed by atoms with Crippen LogP contribution in [-0.2, 0) is 11.8 Å². The van der Waals surface area contributed by atoms with Gasteiger partial charge in [-0.2, -0.15) is 5.10 Å². The summed E-state index contributed by atoms with van der Waals surface area (Å²) in [5.74, 6) is -0.305. The Morgan fingerprint density at radius 2 is 2.21 bits per heavy atom. The van der Waals surface area contributed by atoms with Gasteiger partial charge in [-0.05, 0) is 30.7 Å². The van der Waals surface area contributed by atoms with Crippen molar-refractivity contribution >= 4 is 17.2 Å². The lowest BCUT2D eigenvalue weighted by molar-refractivity contribution is -0.119. The van der Waals surface area contributed by atoms with Crippen LogP contribution in [0, 0.1) is 0 Å². The second kappa shape index (κ2) is 7.88. The van der Waals surface area contributed by atoms with Gasteiger partial charge in [-0.15, -0.1) is 0 Å². The molecule has 0 spiro atoms. The third-order valence-electron chi connectivity index (χ3n) is 5.58. The number of fused-ring (bicyclic) bond motifs is 3. The summed E-state index contributed by atoms with van der Waals surface area (Å²) in [5.41, 5.74) is 3.15. The van der Waals surface area contributed by atoms with E-state index >= 15 is 0 Å². The van der Waals surface area contributed by atoms with Crippen molar-refractivity contribution in [2.45, 2.75) is 32.0 Å². The lowest BCUT2D eigenvalue weighted by Crippen LogP contribution is -2.46. The molecule has 2 atom stereocenters. The van der Waals surface area contributed by atoms with Gasteiger partial charge in [0.05, 0.1) is 23.8 Å². The summed E-state index contributed by atoms with van der Waals surface area (Å²) in [6.07, 6.45) is 7.59. The number of aromatic nitrogens is 3. The van der Waals surface area contributed by atoms with Gasteiger partial charge in [0.25, 0.3) is 0 Å². The molecule has 0 saturated carbocycles. The normalized spacial score (nSPS) is 21.1. The zero-order valence-electron chi connectivity index (χ0n) is 16.5. The number of allylic oxidation sites excluding steroid dienone is 2. The SMILES string of the molecule is CCN(C(=O)CCN1C2CC(F)=CC=C2c2c(cnn2C)C1O)c1cccnc1. The first-order chi connectivity index (χ1) is 14.0. The molecule has 2 unspecified atom stereocenters. The topological polar surface area (TPSA) is 74.5 Å². The molecule has 0 saturated heterocycles. The molecule has 29 heavy (non-hydrogen) atoms. The molecule has 1 N–H and O–H groups in total. The van der Waals surface area contributed by atoms with E-state index in [2.05, 4.69) is 10.1 Å². The van der Waals surface area contributed by atoms with Crippen molar-refractivity contribution in [1.82, 2.24) is 19.7 Å². The first-order valence-electron chi connectivity index (χ1n) is 9.74. The van der Waals surface area contributed by atoms with E-state index in [0.29, 0.717) is 18.7 Å². The smallest absolute Gasteiger partial charge is 0.228 e. The van der Waals surface area contributed by atoms with E-state index in [1.165, 1.54) is 6.08 Å². The molecule has 4 rings (SSSR count). The van der Waals surface area contributed by atoms with Gasteiger partial charge in [0.1, 0.15) is 12.1 Å². The Morgan fingerprint density at radius 1 is 1.38 bits per heavy atom. The van der Waals surface area contributed by atoms with Gasteiger partial charge in [-0.25, -0.2) is 4.39 Å². The number of halogens is 1. The molecular weight excluding hydrogens is 373 g/mol. The van der Waals surface area contributed by atoms with Crippen LogP contribution in [0.3, 0.4) is 0 Å². The summed E-state index contributed by atoms with van der Waals surface area (Å²) in [4.78, 5) is 20.4. The average Bonchev–Trinajstić information content (AvgIpc) is 3.11. The summed E-state index contributed by atoms with van der Waals surface area (Å²) >= 11 is 0. The highest BCUT2D eigenvalue weighted by molar-refractivity contribution is 5.93. The fourth-order valence-electron chi connectivity index (χ4n) is 4.19. The first-order valence-corrected chi connectivity index (χ1v) is 9.74. The van der Waals surface area contributed by atoms with Crippen molar-refractivity contribution in [3.63, 3.8) is 0 Å². The van der Waals surface area contributed by atoms with Crippen molar-refractivity contribution in [2.75, 3.05) is 18.0 Å². The number of aryl methyl sites for hydroxylation is 1. The van der Waals surface area contributed by atoms with E-state index in [1.54, 1.807) is 45.2 Å². The van der Waals surface area contributed by atoms with E-state index in [-0.39, 0.29) is 30.6 Å². The number of carbonyl (C=O) groups is 1. The number of rotatable bonds is 5. The average molecular weight is 397 g/mol. The van der Waals surface area contributed by atoms with Crippen LogP contribution in [0.15, 0.2) is 48.7 Å². The van der Waals surface area contributed by atoms with Crippen molar-refractivity contribution in [2.24, 2.45) is 7.05 Å². The van der Waals surface area contributed by atoms with Gasteiger partial charge in [-0.1, -0.05) is 6.08 Å². The molecule has 3 heterocycles. The van der Waals surface area contributed by atoms with Crippen LogP contribution in [0.2, 0.25) is 0 Å². The minimum atomic E-state index is -0.937. The molecule has 2 aromatic heterocycles. The van der Waals surface area contributed by atoms with Crippen molar-refractivity contribution in [3.8, 4) is 0 Å². The number of hydrogen-bond donors (Lipinski definition) is 1. The quantitative estimate of drug-likeness (QED) is 0.839. The third kappa shape index (κ3) is 3.49. The molecule has 1 amide bonds. The first kappa shape index (κ1) is 19.5. The Hall–Kier alpha value is -2.84. The fraction of sp³-hybridized carbons (Fsp3) is 0.381. The highest BCUT2D eigenvalue weighted by atomic mass is 19.1. The number of nitrogens with zero attached hydrogens (tertiary/aromatic N) is 5. The summed E-state index contributed by atoms with van der Waals surface area (Å²) in [7, 11) is 1.81. The van der Waals surface area contributed by atoms with Crippen molar-refractivity contribution < 1.29 is 14.3 Å². The second-order valence-corrected chi connectivity index (χ2v) is 7.24. The molecular formula is C21H24FN5O2. The molecule has 8 heteroatoms. The number of pyridine rings is 1. The van der Waals surface area contributed by atoms with Gasteiger partial charge >= 0.3 is 0 Å². The van der Waals surface area contributed by atoms with Crippen molar-refractivity contribution in [3.05, 3.63) is 60.0 Å². The maximum atomic E-state index is 14.1. The third-order valence-corrected chi connectivity index (χ3v) is 5.58.